The van der Waals surface area contributed by atoms with Crippen LogP contribution in [0.4, 0.5) is 0 Å². The van der Waals surface area contributed by atoms with Gasteiger partial charge in [0.25, 0.3) is 0 Å². The number of hydrogen-bond donors (Lipinski definition) is 1. The lowest BCUT2D eigenvalue weighted by Gasteiger charge is -2.50. The van der Waals surface area contributed by atoms with Crippen molar-refractivity contribution in [2.75, 3.05) is 19.6 Å². The average Bonchev–Trinajstić information content (AvgIpc) is 2.67. The van der Waals surface area contributed by atoms with E-state index in [4.69, 9.17) is 5.73 Å². The fourth-order valence-corrected chi connectivity index (χ4v) is 3.85. The van der Waals surface area contributed by atoms with Gasteiger partial charge in [0.15, 0.2) is 0 Å². The summed E-state index contributed by atoms with van der Waals surface area (Å²) in [5.41, 5.74) is 6.43. The van der Waals surface area contributed by atoms with E-state index in [-0.39, 0.29) is 5.54 Å². The SMILES string of the molecule is Cc1cnc(C2(N)CN3CCC2CC3)s1. The largest absolute Gasteiger partial charge is 0.318 e. The molecule has 1 atom stereocenters. The third-order valence-corrected chi connectivity index (χ3v) is 4.93. The maximum absolute atomic E-state index is 6.59. The Morgan fingerprint density at radius 2 is 2.27 bits per heavy atom. The van der Waals surface area contributed by atoms with E-state index in [1.165, 1.54) is 30.8 Å². The third kappa shape index (κ3) is 1.43. The number of nitrogens with zero attached hydrogens (tertiary/aromatic N) is 2. The van der Waals surface area contributed by atoms with Gasteiger partial charge < -0.3 is 10.6 Å². The van der Waals surface area contributed by atoms with Crippen LogP contribution >= 0.6 is 11.3 Å². The van der Waals surface area contributed by atoms with Crippen molar-refractivity contribution in [2.45, 2.75) is 25.3 Å². The lowest BCUT2D eigenvalue weighted by atomic mass is 9.74. The Kier molecular flexibility index (Phi) is 2.13. The zero-order valence-corrected chi connectivity index (χ0v) is 9.89. The molecular weight excluding hydrogens is 206 g/mol. The predicted molar refractivity (Wildman–Crippen MR) is 61.9 cm³/mol. The summed E-state index contributed by atoms with van der Waals surface area (Å²) in [5, 5.41) is 1.15. The Hall–Kier alpha value is -0.450. The van der Waals surface area contributed by atoms with E-state index in [1.807, 2.05) is 6.20 Å². The summed E-state index contributed by atoms with van der Waals surface area (Å²) >= 11 is 1.77. The van der Waals surface area contributed by atoms with Crippen LogP contribution in [-0.4, -0.2) is 29.5 Å². The first-order valence-corrected chi connectivity index (χ1v) is 6.44. The fraction of sp³-hybridized carbons (Fsp3) is 0.727. The smallest absolute Gasteiger partial charge is 0.114 e. The highest BCUT2D eigenvalue weighted by molar-refractivity contribution is 7.11. The number of nitrogens with two attached hydrogens (primary N) is 1. The minimum atomic E-state index is -0.157. The van der Waals surface area contributed by atoms with Crippen molar-refractivity contribution in [1.29, 1.82) is 0 Å². The van der Waals surface area contributed by atoms with Gasteiger partial charge in [-0.25, -0.2) is 4.98 Å². The lowest BCUT2D eigenvalue weighted by Crippen LogP contribution is -2.61. The zero-order chi connectivity index (χ0) is 10.5. The molecule has 1 aromatic rings. The van der Waals surface area contributed by atoms with Gasteiger partial charge in [0.05, 0.1) is 5.54 Å². The standard InChI is InChI=1S/C11H17N3S/c1-8-6-13-10(15-8)11(12)7-14-4-2-9(11)3-5-14/h6,9H,2-5,7,12H2,1H3. The van der Waals surface area contributed by atoms with Crippen molar-refractivity contribution in [1.82, 2.24) is 9.88 Å². The van der Waals surface area contributed by atoms with Crippen LogP contribution in [0.5, 0.6) is 0 Å². The number of piperidine rings is 3. The summed E-state index contributed by atoms with van der Waals surface area (Å²) in [6, 6.07) is 0. The number of fused-ring (bicyclic) bond motifs is 3. The number of hydrogen-bond acceptors (Lipinski definition) is 4. The van der Waals surface area contributed by atoms with Crippen LogP contribution in [-0.2, 0) is 5.54 Å². The Morgan fingerprint density at radius 3 is 2.73 bits per heavy atom. The molecule has 0 amide bonds. The van der Waals surface area contributed by atoms with Gasteiger partial charge in [-0.2, -0.15) is 0 Å². The maximum Gasteiger partial charge on any atom is 0.114 e. The van der Waals surface area contributed by atoms with Gasteiger partial charge in [-0.15, -0.1) is 11.3 Å². The molecule has 3 nitrogen and oxygen atoms in total. The molecule has 3 fully saturated rings. The summed E-state index contributed by atoms with van der Waals surface area (Å²) < 4.78 is 0. The molecule has 4 heterocycles. The molecular formula is C11H17N3S. The van der Waals surface area contributed by atoms with Crippen LogP contribution in [0, 0.1) is 12.8 Å². The fourth-order valence-electron chi connectivity index (χ4n) is 2.92. The van der Waals surface area contributed by atoms with E-state index < -0.39 is 0 Å². The van der Waals surface area contributed by atoms with Crippen molar-refractivity contribution in [3.05, 3.63) is 16.1 Å². The molecule has 82 valence electrons. The van der Waals surface area contributed by atoms with Crippen LogP contribution in [0.2, 0.25) is 0 Å². The molecule has 2 N–H and O–H groups in total. The maximum atomic E-state index is 6.59. The quantitative estimate of drug-likeness (QED) is 0.781. The van der Waals surface area contributed by atoms with Crippen molar-refractivity contribution < 1.29 is 0 Å². The van der Waals surface area contributed by atoms with Gasteiger partial charge in [-0.1, -0.05) is 0 Å². The number of aryl methyl sites for hydroxylation is 1. The topological polar surface area (TPSA) is 42.1 Å². The zero-order valence-electron chi connectivity index (χ0n) is 9.07. The molecule has 3 saturated heterocycles. The van der Waals surface area contributed by atoms with E-state index in [1.54, 1.807) is 11.3 Å². The molecule has 1 unspecified atom stereocenters. The van der Waals surface area contributed by atoms with E-state index in [0.717, 1.165) is 11.6 Å². The molecule has 0 saturated carbocycles. The Bertz CT molecular complexity index is 368. The molecule has 0 spiro atoms. The van der Waals surface area contributed by atoms with Gasteiger partial charge in [0, 0.05) is 17.6 Å². The molecule has 4 heteroatoms. The Balaban J connectivity index is 1.96. The van der Waals surface area contributed by atoms with Crippen LogP contribution in [0.1, 0.15) is 22.7 Å². The highest BCUT2D eigenvalue weighted by Crippen LogP contribution is 2.41. The summed E-state index contributed by atoms with van der Waals surface area (Å²) in [6.45, 7) is 5.57. The van der Waals surface area contributed by atoms with Crippen LogP contribution in [0.3, 0.4) is 0 Å². The Labute approximate surface area is 94.3 Å². The highest BCUT2D eigenvalue weighted by Gasteiger charge is 2.46. The average molecular weight is 223 g/mol. The van der Waals surface area contributed by atoms with Gasteiger partial charge in [-0.3, -0.25) is 0 Å². The second-order valence-corrected chi connectivity index (χ2v) is 6.10. The third-order valence-electron chi connectivity index (χ3n) is 3.82. The van der Waals surface area contributed by atoms with E-state index in [2.05, 4.69) is 16.8 Å². The van der Waals surface area contributed by atoms with Gasteiger partial charge in [-0.05, 0) is 38.8 Å². The molecule has 3 aliphatic heterocycles. The molecule has 0 radical (unpaired) electrons. The number of thiazole rings is 1. The molecule has 3 aliphatic rings. The highest BCUT2D eigenvalue weighted by atomic mass is 32.1. The van der Waals surface area contributed by atoms with Gasteiger partial charge in [0.2, 0.25) is 0 Å². The monoisotopic (exact) mass is 223 g/mol. The van der Waals surface area contributed by atoms with E-state index >= 15 is 0 Å². The van der Waals surface area contributed by atoms with Gasteiger partial charge in [0.1, 0.15) is 5.01 Å². The first kappa shape index (κ1) is 9.75. The number of aromatic nitrogens is 1. The number of rotatable bonds is 1. The lowest BCUT2D eigenvalue weighted by molar-refractivity contribution is 0.0265. The molecule has 4 rings (SSSR count). The predicted octanol–water partition coefficient (Wildman–Crippen LogP) is 1.33. The molecule has 0 aliphatic carbocycles. The first-order chi connectivity index (χ1) is 7.18. The summed E-state index contributed by atoms with van der Waals surface area (Å²) in [6.07, 6.45) is 4.44. The van der Waals surface area contributed by atoms with E-state index in [0.29, 0.717) is 5.92 Å². The summed E-state index contributed by atoms with van der Waals surface area (Å²) in [4.78, 5) is 8.25. The first-order valence-electron chi connectivity index (χ1n) is 5.62. The normalized spacial score (nSPS) is 39.6. The van der Waals surface area contributed by atoms with E-state index in [9.17, 15) is 0 Å². The minimum absolute atomic E-state index is 0.157. The van der Waals surface area contributed by atoms with Crippen molar-refractivity contribution >= 4 is 11.3 Å². The van der Waals surface area contributed by atoms with Gasteiger partial charge >= 0.3 is 0 Å². The second kappa shape index (κ2) is 3.27. The van der Waals surface area contributed by atoms with Crippen molar-refractivity contribution in [3.63, 3.8) is 0 Å². The molecule has 0 aromatic carbocycles. The van der Waals surface area contributed by atoms with Crippen molar-refractivity contribution in [3.8, 4) is 0 Å². The molecule has 1 aromatic heterocycles. The molecule has 2 bridgehead atoms. The summed E-state index contributed by atoms with van der Waals surface area (Å²) in [7, 11) is 0. The molecule has 15 heavy (non-hydrogen) atoms. The van der Waals surface area contributed by atoms with Crippen molar-refractivity contribution in [2.24, 2.45) is 11.7 Å². The van der Waals surface area contributed by atoms with Crippen LogP contribution < -0.4 is 5.73 Å². The van der Waals surface area contributed by atoms with Crippen LogP contribution in [0.25, 0.3) is 0 Å². The second-order valence-electron chi connectivity index (χ2n) is 4.87. The van der Waals surface area contributed by atoms with Crippen LogP contribution in [0.15, 0.2) is 6.20 Å². The minimum Gasteiger partial charge on any atom is -0.318 e. The Morgan fingerprint density at radius 1 is 1.53 bits per heavy atom. The summed E-state index contributed by atoms with van der Waals surface area (Å²) in [5.74, 6) is 0.646.